The maximum Gasteiger partial charge on any atom is 0.162 e. The van der Waals surface area contributed by atoms with Gasteiger partial charge in [0, 0.05) is 0 Å². The number of aryl methyl sites for hydroxylation is 3. The molecule has 6 fully saturated rings. The summed E-state index contributed by atoms with van der Waals surface area (Å²) in [6.07, 6.45) is 27.3. The molecule has 3 aromatic carbocycles. The SMILES string of the molecule is Cc1ccc(C2CCC(C3CCC3)CC2)c(F)c1F.Cc1ccc(C2CCC(C3CCCC3)CC2)c(F)c1F.Cc1ccc(C2CCC(CC3CC3)CC2)c(F)c1F. The van der Waals surface area contributed by atoms with Crippen LogP contribution in [0.5, 0.6) is 0 Å². The van der Waals surface area contributed by atoms with E-state index in [4.69, 9.17) is 0 Å². The molecule has 318 valence electrons. The Kier molecular flexibility index (Phi) is 14.8. The van der Waals surface area contributed by atoms with Crippen LogP contribution in [0.15, 0.2) is 36.4 Å². The molecule has 6 aliphatic carbocycles. The van der Waals surface area contributed by atoms with Crippen LogP contribution in [0.3, 0.4) is 0 Å². The molecule has 0 bridgehead atoms. The molecular weight excluding hydrogens is 739 g/mol. The molecule has 0 amide bonds. The Morgan fingerprint density at radius 3 is 0.897 bits per heavy atom. The van der Waals surface area contributed by atoms with Gasteiger partial charge in [-0.3, -0.25) is 0 Å². The van der Waals surface area contributed by atoms with Crippen molar-refractivity contribution in [3.63, 3.8) is 0 Å². The first kappa shape index (κ1) is 43.3. The molecule has 0 heterocycles. The highest BCUT2D eigenvalue weighted by Gasteiger charge is 2.34. The lowest BCUT2D eigenvalue weighted by Gasteiger charge is -2.38. The summed E-state index contributed by atoms with van der Waals surface area (Å²) in [5.74, 6) is 2.26. The normalized spacial score (nSPS) is 27.9. The second kappa shape index (κ2) is 19.7. The fourth-order valence-electron chi connectivity index (χ4n) is 11.6. The monoisotopic (exact) mass is 807 g/mol. The molecule has 0 saturated heterocycles. The van der Waals surface area contributed by atoms with Crippen LogP contribution in [0, 0.1) is 91.2 Å². The van der Waals surface area contributed by atoms with Crippen molar-refractivity contribution in [2.45, 2.75) is 180 Å². The molecule has 9 rings (SSSR count). The lowest BCUT2D eigenvalue weighted by Crippen LogP contribution is -2.26. The van der Waals surface area contributed by atoms with Crippen molar-refractivity contribution in [2.24, 2.45) is 35.5 Å². The average molecular weight is 807 g/mol. The zero-order chi connectivity index (χ0) is 40.9. The topological polar surface area (TPSA) is 0 Å². The van der Waals surface area contributed by atoms with E-state index in [-0.39, 0.29) is 17.8 Å². The van der Waals surface area contributed by atoms with Crippen LogP contribution in [-0.2, 0) is 0 Å². The van der Waals surface area contributed by atoms with E-state index in [0.717, 1.165) is 74.0 Å². The predicted molar refractivity (Wildman–Crippen MR) is 224 cm³/mol. The van der Waals surface area contributed by atoms with E-state index < -0.39 is 34.9 Å². The first-order chi connectivity index (χ1) is 28.0. The second-order valence-electron chi connectivity index (χ2n) is 19.7. The molecule has 0 aromatic heterocycles. The van der Waals surface area contributed by atoms with Crippen LogP contribution in [0.25, 0.3) is 0 Å². The van der Waals surface area contributed by atoms with E-state index in [1.54, 1.807) is 57.2 Å². The second-order valence-corrected chi connectivity index (χ2v) is 19.7. The highest BCUT2D eigenvalue weighted by Crippen LogP contribution is 2.47. The van der Waals surface area contributed by atoms with Crippen molar-refractivity contribution in [2.75, 3.05) is 0 Å². The maximum atomic E-state index is 14.1. The fourth-order valence-corrected chi connectivity index (χ4v) is 11.6. The van der Waals surface area contributed by atoms with Crippen LogP contribution < -0.4 is 0 Å². The molecule has 0 unspecified atom stereocenters. The summed E-state index contributed by atoms with van der Waals surface area (Å²) in [5, 5.41) is 0. The van der Waals surface area contributed by atoms with Crippen LogP contribution in [0.4, 0.5) is 26.3 Å². The summed E-state index contributed by atoms with van der Waals surface area (Å²) >= 11 is 0. The molecule has 3 aromatic rings. The number of halogens is 6. The summed E-state index contributed by atoms with van der Waals surface area (Å²) in [7, 11) is 0. The minimum absolute atomic E-state index is 0.225. The Labute approximate surface area is 345 Å². The number of rotatable bonds is 7. The van der Waals surface area contributed by atoms with Gasteiger partial charge in [0.1, 0.15) is 0 Å². The van der Waals surface area contributed by atoms with Gasteiger partial charge in [0.25, 0.3) is 0 Å². The van der Waals surface area contributed by atoms with E-state index in [1.807, 2.05) is 0 Å². The summed E-state index contributed by atoms with van der Waals surface area (Å²) in [4.78, 5) is 0. The highest BCUT2D eigenvalue weighted by atomic mass is 19.2. The molecule has 58 heavy (non-hydrogen) atoms. The van der Waals surface area contributed by atoms with Crippen molar-refractivity contribution >= 4 is 0 Å². The standard InChI is InChI=1S/C18H24F2.2C17H22F2/c1-12-6-11-16(18(20)17(12)19)15-9-7-14(8-10-15)13-4-2-3-5-13;1-11-2-9-15(17(19)16(11)18)14-7-5-13(6-8-14)10-12-3-4-12;1-11-5-10-15(17(19)16(11)18)14-8-6-13(7-9-14)12-3-2-4-12/h6,11,13-15H,2-5,7-10H2,1H3;2,9,12-14H,3-8,10H2,1H3;5,10,12-14H,2-4,6-9H2,1H3. The molecule has 0 radical (unpaired) electrons. The van der Waals surface area contributed by atoms with E-state index in [0.29, 0.717) is 33.4 Å². The Morgan fingerprint density at radius 2 is 0.603 bits per heavy atom. The average Bonchev–Trinajstić information content (AvgIpc) is 3.86. The minimum Gasteiger partial charge on any atom is -0.203 e. The first-order valence-corrected chi connectivity index (χ1v) is 23.3. The fraction of sp³-hybridized carbons (Fsp3) is 0.654. The van der Waals surface area contributed by atoms with Crippen molar-refractivity contribution < 1.29 is 26.3 Å². The molecule has 0 aliphatic heterocycles. The van der Waals surface area contributed by atoms with Crippen molar-refractivity contribution in [1.29, 1.82) is 0 Å². The molecular formula is C52H68F6. The Hall–Kier alpha value is -2.76. The Morgan fingerprint density at radius 1 is 0.328 bits per heavy atom. The lowest BCUT2D eigenvalue weighted by atomic mass is 9.67. The smallest absolute Gasteiger partial charge is 0.162 e. The van der Waals surface area contributed by atoms with Gasteiger partial charge in [-0.25, -0.2) is 26.3 Å². The summed E-state index contributed by atoms with van der Waals surface area (Å²) in [5.41, 5.74) is 3.04. The Bertz CT molecular complexity index is 1790. The molecule has 0 atom stereocenters. The predicted octanol–water partition coefficient (Wildman–Crippen LogP) is 16.4. The van der Waals surface area contributed by atoms with Gasteiger partial charge in [0.05, 0.1) is 0 Å². The van der Waals surface area contributed by atoms with Crippen LogP contribution in [0.1, 0.15) is 192 Å². The third-order valence-electron chi connectivity index (χ3n) is 15.9. The quantitative estimate of drug-likeness (QED) is 0.209. The van der Waals surface area contributed by atoms with Gasteiger partial charge in [0.15, 0.2) is 34.9 Å². The number of hydrogen-bond acceptors (Lipinski definition) is 0. The van der Waals surface area contributed by atoms with Crippen molar-refractivity contribution in [3.8, 4) is 0 Å². The molecule has 6 aliphatic rings. The first-order valence-electron chi connectivity index (χ1n) is 23.3. The van der Waals surface area contributed by atoms with Gasteiger partial charge in [-0.1, -0.05) is 94.2 Å². The van der Waals surface area contributed by atoms with E-state index in [2.05, 4.69) is 0 Å². The summed E-state index contributed by atoms with van der Waals surface area (Å²) < 4.78 is 83.0. The molecule has 0 spiro atoms. The van der Waals surface area contributed by atoms with Crippen LogP contribution in [-0.4, -0.2) is 0 Å². The van der Waals surface area contributed by atoms with E-state index in [9.17, 15) is 26.3 Å². The van der Waals surface area contributed by atoms with Gasteiger partial charge < -0.3 is 0 Å². The lowest BCUT2D eigenvalue weighted by molar-refractivity contribution is 0.153. The third kappa shape index (κ3) is 10.4. The molecule has 6 saturated carbocycles. The van der Waals surface area contributed by atoms with Gasteiger partial charge >= 0.3 is 0 Å². The van der Waals surface area contributed by atoms with E-state index in [1.165, 1.54) is 103 Å². The zero-order valence-corrected chi connectivity index (χ0v) is 35.5. The van der Waals surface area contributed by atoms with Gasteiger partial charge in [-0.15, -0.1) is 0 Å². The molecule has 0 nitrogen and oxygen atoms in total. The van der Waals surface area contributed by atoms with Crippen LogP contribution >= 0.6 is 0 Å². The van der Waals surface area contributed by atoms with Crippen molar-refractivity contribution in [1.82, 2.24) is 0 Å². The van der Waals surface area contributed by atoms with Crippen LogP contribution in [0.2, 0.25) is 0 Å². The minimum atomic E-state index is -0.655. The summed E-state index contributed by atoms with van der Waals surface area (Å²) in [6.45, 7) is 4.86. The van der Waals surface area contributed by atoms with Gasteiger partial charge in [0.2, 0.25) is 0 Å². The van der Waals surface area contributed by atoms with E-state index >= 15 is 0 Å². The largest absolute Gasteiger partial charge is 0.203 e. The third-order valence-corrected chi connectivity index (χ3v) is 15.9. The van der Waals surface area contributed by atoms with Gasteiger partial charge in [-0.2, -0.15) is 0 Å². The molecule has 0 N–H and O–H groups in total. The Balaban J connectivity index is 0.000000132. The summed E-state index contributed by atoms with van der Waals surface area (Å²) in [6, 6.07) is 10.5. The number of hydrogen-bond donors (Lipinski definition) is 0. The van der Waals surface area contributed by atoms with Gasteiger partial charge in [-0.05, 0) is 191 Å². The zero-order valence-electron chi connectivity index (χ0n) is 35.5. The van der Waals surface area contributed by atoms with Crippen molar-refractivity contribution in [3.05, 3.63) is 105 Å². The molecule has 6 heteroatoms. The highest BCUT2D eigenvalue weighted by molar-refractivity contribution is 5.30. The number of benzene rings is 3. The maximum absolute atomic E-state index is 14.1.